The van der Waals surface area contributed by atoms with E-state index in [1.807, 2.05) is 13.0 Å². The largest absolute Gasteiger partial charge is 0.508 e. The first-order valence-electron chi connectivity index (χ1n) is 6.06. The van der Waals surface area contributed by atoms with Crippen LogP contribution in [0, 0.1) is 6.92 Å². The van der Waals surface area contributed by atoms with Crippen LogP contribution in [0.15, 0.2) is 47.0 Å². The number of rotatable bonds is 2. The molecule has 0 aliphatic heterocycles. The minimum absolute atomic E-state index is 0.0936. The monoisotopic (exact) mass is 268 g/mol. The first-order chi connectivity index (χ1) is 9.63. The highest BCUT2D eigenvalue weighted by atomic mass is 16.5. The average Bonchev–Trinajstić information content (AvgIpc) is 2.88. The molecule has 0 radical (unpaired) electrons. The van der Waals surface area contributed by atoms with Crippen LogP contribution in [0.3, 0.4) is 0 Å². The van der Waals surface area contributed by atoms with Crippen molar-refractivity contribution < 1.29 is 14.7 Å². The summed E-state index contributed by atoms with van der Waals surface area (Å²) in [5.74, 6) is 0.819. The summed E-state index contributed by atoms with van der Waals surface area (Å²) in [4.78, 5) is 4.23. The normalized spacial score (nSPS) is 10.7. The van der Waals surface area contributed by atoms with Crippen LogP contribution in [0.4, 0.5) is 0 Å². The van der Waals surface area contributed by atoms with Crippen molar-refractivity contribution in [1.82, 2.24) is 10.1 Å². The number of hydrogen-bond acceptors (Lipinski definition) is 5. The Morgan fingerprint density at radius 1 is 1.05 bits per heavy atom. The third-order valence-electron chi connectivity index (χ3n) is 2.91. The topological polar surface area (TPSA) is 79.4 Å². The number of nitrogens with zero attached hydrogens (tertiary/aromatic N) is 2. The second-order valence-corrected chi connectivity index (χ2v) is 4.49. The van der Waals surface area contributed by atoms with E-state index in [0.717, 1.165) is 5.56 Å². The van der Waals surface area contributed by atoms with Crippen LogP contribution in [0.2, 0.25) is 0 Å². The molecule has 100 valence electrons. The van der Waals surface area contributed by atoms with Gasteiger partial charge >= 0.3 is 0 Å². The zero-order valence-electron chi connectivity index (χ0n) is 10.7. The molecule has 2 N–H and O–H groups in total. The molecular weight excluding hydrogens is 256 g/mol. The van der Waals surface area contributed by atoms with E-state index in [0.29, 0.717) is 17.0 Å². The lowest BCUT2D eigenvalue weighted by Gasteiger charge is -1.99. The number of hydrogen-bond donors (Lipinski definition) is 2. The van der Waals surface area contributed by atoms with Gasteiger partial charge in [-0.05, 0) is 36.8 Å². The summed E-state index contributed by atoms with van der Waals surface area (Å²) in [5, 5.41) is 23.2. The van der Waals surface area contributed by atoms with Gasteiger partial charge in [-0.3, -0.25) is 0 Å². The Hall–Kier alpha value is -2.82. The second kappa shape index (κ2) is 4.70. The molecule has 0 aliphatic carbocycles. The van der Waals surface area contributed by atoms with Crippen molar-refractivity contribution in [3.63, 3.8) is 0 Å². The third-order valence-corrected chi connectivity index (χ3v) is 2.91. The summed E-state index contributed by atoms with van der Waals surface area (Å²) in [6.07, 6.45) is 0. The Morgan fingerprint density at radius 2 is 1.90 bits per heavy atom. The van der Waals surface area contributed by atoms with Gasteiger partial charge in [0.25, 0.3) is 5.89 Å². The first kappa shape index (κ1) is 12.2. The Balaban J connectivity index is 2.02. The van der Waals surface area contributed by atoms with Gasteiger partial charge in [0.15, 0.2) is 0 Å². The minimum atomic E-state index is 0.0936. The van der Waals surface area contributed by atoms with E-state index in [9.17, 15) is 10.2 Å². The molecule has 0 saturated heterocycles. The predicted molar refractivity (Wildman–Crippen MR) is 73.2 cm³/mol. The summed E-state index contributed by atoms with van der Waals surface area (Å²) in [6, 6.07) is 11.8. The molecule has 3 rings (SSSR count). The molecule has 5 nitrogen and oxygen atoms in total. The molecule has 20 heavy (non-hydrogen) atoms. The van der Waals surface area contributed by atoms with Crippen LogP contribution < -0.4 is 0 Å². The number of aryl methyl sites for hydroxylation is 1. The van der Waals surface area contributed by atoms with E-state index in [2.05, 4.69) is 10.1 Å². The van der Waals surface area contributed by atoms with Gasteiger partial charge in [-0.15, -0.1) is 0 Å². The summed E-state index contributed by atoms with van der Waals surface area (Å²) >= 11 is 0. The van der Waals surface area contributed by atoms with Gasteiger partial charge in [0, 0.05) is 5.56 Å². The van der Waals surface area contributed by atoms with Crippen LogP contribution in [-0.2, 0) is 0 Å². The maximum Gasteiger partial charge on any atom is 0.261 e. The summed E-state index contributed by atoms with van der Waals surface area (Å²) < 4.78 is 5.16. The molecule has 0 amide bonds. The highest BCUT2D eigenvalue weighted by Gasteiger charge is 2.14. The molecule has 5 heteroatoms. The van der Waals surface area contributed by atoms with Crippen LogP contribution in [0.25, 0.3) is 22.8 Å². The third kappa shape index (κ3) is 2.21. The van der Waals surface area contributed by atoms with E-state index >= 15 is 0 Å². The van der Waals surface area contributed by atoms with E-state index < -0.39 is 0 Å². The lowest BCUT2D eigenvalue weighted by atomic mass is 10.1. The molecule has 0 bridgehead atoms. The molecule has 0 fully saturated rings. The van der Waals surface area contributed by atoms with Gasteiger partial charge < -0.3 is 14.7 Å². The van der Waals surface area contributed by atoms with Gasteiger partial charge in [0.2, 0.25) is 5.82 Å². The van der Waals surface area contributed by atoms with E-state index in [1.165, 1.54) is 0 Å². The van der Waals surface area contributed by atoms with Crippen LogP contribution in [0.1, 0.15) is 5.56 Å². The Bertz CT molecular complexity index is 765. The van der Waals surface area contributed by atoms with Gasteiger partial charge in [0.05, 0.1) is 5.56 Å². The zero-order valence-corrected chi connectivity index (χ0v) is 10.7. The van der Waals surface area contributed by atoms with Crippen LogP contribution in [-0.4, -0.2) is 20.4 Å². The highest BCUT2D eigenvalue weighted by molar-refractivity contribution is 5.65. The molecule has 0 saturated carbocycles. The van der Waals surface area contributed by atoms with Gasteiger partial charge in [-0.25, -0.2) is 0 Å². The SMILES string of the molecule is Cc1ccc(-c2nc(-c3cccc(O)c3)no2)c(O)c1. The Kier molecular flexibility index (Phi) is 2.87. The highest BCUT2D eigenvalue weighted by Crippen LogP contribution is 2.30. The first-order valence-corrected chi connectivity index (χ1v) is 6.06. The molecular formula is C15H12N2O3. The lowest BCUT2D eigenvalue weighted by Crippen LogP contribution is -1.82. The summed E-state index contributed by atoms with van der Waals surface area (Å²) in [5.41, 5.74) is 2.07. The van der Waals surface area contributed by atoms with Crippen molar-refractivity contribution in [2.24, 2.45) is 0 Å². The van der Waals surface area contributed by atoms with E-state index in [4.69, 9.17) is 4.52 Å². The van der Waals surface area contributed by atoms with Gasteiger partial charge in [0.1, 0.15) is 11.5 Å². The fraction of sp³-hybridized carbons (Fsp3) is 0.0667. The molecule has 0 atom stereocenters. The van der Waals surface area contributed by atoms with E-state index in [-0.39, 0.29) is 17.4 Å². The van der Waals surface area contributed by atoms with Crippen molar-refractivity contribution in [3.8, 4) is 34.3 Å². The van der Waals surface area contributed by atoms with Gasteiger partial charge in [-0.1, -0.05) is 23.4 Å². The number of benzene rings is 2. The molecule has 0 unspecified atom stereocenters. The minimum Gasteiger partial charge on any atom is -0.508 e. The maximum atomic E-state index is 9.90. The number of phenols is 2. The van der Waals surface area contributed by atoms with Gasteiger partial charge in [-0.2, -0.15) is 4.98 Å². The number of phenolic OH excluding ortho intramolecular Hbond substituents is 2. The standard InChI is InChI=1S/C15H12N2O3/c1-9-5-6-12(13(19)7-9)15-16-14(17-20-15)10-3-2-4-11(18)8-10/h2-8,18-19H,1H3. The van der Waals surface area contributed by atoms with Crippen molar-refractivity contribution in [1.29, 1.82) is 0 Å². The average molecular weight is 268 g/mol. The van der Waals surface area contributed by atoms with E-state index in [1.54, 1.807) is 36.4 Å². The van der Waals surface area contributed by atoms with Crippen LogP contribution in [0.5, 0.6) is 11.5 Å². The zero-order chi connectivity index (χ0) is 14.1. The lowest BCUT2D eigenvalue weighted by molar-refractivity contribution is 0.425. The van der Waals surface area contributed by atoms with Crippen molar-refractivity contribution >= 4 is 0 Å². The molecule has 3 aromatic rings. The summed E-state index contributed by atoms with van der Waals surface area (Å²) in [6.45, 7) is 1.88. The number of aromatic nitrogens is 2. The van der Waals surface area contributed by atoms with Crippen molar-refractivity contribution in [3.05, 3.63) is 48.0 Å². The molecule has 2 aromatic carbocycles. The maximum absolute atomic E-state index is 9.90. The fourth-order valence-corrected chi connectivity index (χ4v) is 1.92. The van der Waals surface area contributed by atoms with Crippen molar-refractivity contribution in [2.45, 2.75) is 6.92 Å². The molecule has 0 spiro atoms. The second-order valence-electron chi connectivity index (χ2n) is 4.49. The molecule has 1 heterocycles. The Labute approximate surface area is 115 Å². The predicted octanol–water partition coefficient (Wildman–Crippen LogP) is 3.12. The van der Waals surface area contributed by atoms with Crippen molar-refractivity contribution in [2.75, 3.05) is 0 Å². The number of aromatic hydroxyl groups is 2. The quantitative estimate of drug-likeness (QED) is 0.746. The smallest absolute Gasteiger partial charge is 0.261 e. The van der Waals surface area contributed by atoms with Crippen LogP contribution >= 0.6 is 0 Å². The fourth-order valence-electron chi connectivity index (χ4n) is 1.92. The Morgan fingerprint density at radius 3 is 2.65 bits per heavy atom. The molecule has 0 aliphatic rings. The molecule has 1 aromatic heterocycles. The summed E-state index contributed by atoms with van der Waals surface area (Å²) in [7, 11) is 0.